The molecule has 1 unspecified atom stereocenters. The third-order valence-corrected chi connectivity index (χ3v) is 2.05. The van der Waals surface area contributed by atoms with E-state index >= 15 is 0 Å². The smallest absolute Gasteiger partial charge is 0.161 e. The lowest BCUT2D eigenvalue weighted by Crippen LogP contribution is -2.06. The number of benzene rings is 1. The highest BCUT2D eigenvalue weighted by molar-refractivity contribution is 5.44. The van der Waals surface area contributed by atoms with Gasteiger partial charge >= 0.3 is 0 Å². The number of nitrogens with two attached hydrogens (primary N) is 1. The van der Waals surface area contributed by atoms with Gasteiger partial charge in [-0.05, 0) is 17.7 Å². The minimum atomic E-state index is -0.171. The third kappa shape index (κ3) is 2.06. The summed E-state index contributed by atoms with van der Waals surface area (Å²) < 4.78 is 10.3. The molecule has 2 N–H and O–H groups in total. The van der Waals surface area contributed by atoms with Gasteiger partial charge in [0.25, 0.3) is 0 Å². The van der Waals surface area contributed by atoms with Gasteiger partial charge in [0, 0.05) is 6.04 Å². The van der Waals surface area contributed by atoms with E-state index in [1.54, 1.807) is 20.3 Å². The molecule has 0 saturated carbocycles. The van der Waals surface area contributed by atoms with Crippen molar-refractivity contribution in [3.63, 3.8) is 0 Å². The van der Waals surface area contributed by atoms with Crippen LogP contribution in [0.5, 0.6) is 11.5 Å². The predicted octanol–water partition coefficient (Wildman–Crippen LogP) is 1.89. The van der Waals surface area contributed by atoms with E-state index < -0.39 is 0 Å². The lowest BCUT2D eigenvalue weighted by molar-refractivity contribution is 0.354. The second-order valence-electron chi connectivity index (χ2n) is 2.88. The molecule has 0 aliphatic heterocycles. The largest absolute Gasteiger partial charge is 0.493 e. The van der Waals surface area contributed by atoms with Crippen molar-refractivity contribution in [1.82, 2.24) is 0 Å². The van der Waals surface area contributed by atoms with E-state index in [1.165, 1.54) is 0 Å². The van der Waals surface area contributed by atoms with Crippen molar-refractivity contribution in [3.8, 4) is 11.5 Å². The number of methoxy groups -OCH3 is 2. The molecule has 1 aromatic carbocycles. The minimum Gasteiger partial charge on any atom is -0.493 e. The molecule has 0 radical (unpaired) electrons. The van der Waals surface area contributed by atoms with E-state index in [0.29, 0.717) is 11.5 Å². The first-order valence-electron chi connectivity index (χ1n) is 4.33. The molecule has 0 spiro atoms. The van der Waals surface area contributed by atoms with E-state index in [4.69, 9.17) is 15.2 Å². The Morgan fingerprint density at radius 2 is 1.93 bits per heavy atom. The topological polar surface area (TPSA) is 44.5 Å². The highest BCUT2D eigenvalue weighted by Gasteiger charge is 2.07. The second kappa shape index (κ2) is 4.67. The number of hydrogen-bond acceptors (Lipinski definition) is 3. The van der Waals surface area contributed by atoms with Crippen LogP contribution in [-0.4, -0.2) is 14.2 Å². The van der Waals surface area contributed by atoms with Gasteiger partial charge in [-0.15, -0.1) is 6.58 Å². The fraction of sp³-hybridized carbons (Fsp3) is 0.273. The summed E-state index contributed by atoms with van der Waals surface area (Å²) in [5, 5.41) is 0. The second-order valence-corrected chi connectivity index (χ2v) is 2.88. The molecule has 0 aromatic heterocycles. The van der Waals surface area contributed by atoms with Crippen LogP contribution in [0.3, 0.4) is 0 Å². The van der Waals surface area contributed by atoms with E-state index in [1.807, 2.05) is 18.2 Å². The molecule has 1 aromatic rings. The van der Waals surface area contributed by atoms with E-state index in [2.05, 4.69) is 6.58 Å². The van der Waals surface area contributed by atoms with Crippen LogP contribution in [0.25, 0.3) is 0 Å². The molecule has 0 heterocycles. The van der Waals surface area contributed by atoms with Crippen LogP contribution >= 0.6 is 0 Å². The number of rotatable bonds is 4. The molecule has 0 aliphatic carbocycles. The van der Waals surface area contributed by atoms with Gasteiger partial charge in [0.2, 0.25) is 0 Å². The van der Waals surface area contributed by atoms with Crippen molar-refractivity contribution in [2.24, 2.45) is 5.73 Å². The van der Waals surface area contributed by atoms with Crippen LogP contribution in [0.1, 0.15) is 11.6 Å². The Morgan fingerprint density at radius 3 is 2.43 bits per heavy atom. The lowest BCUT2D eigenvalue weighted by Gasteiger charge is -2.11. The van der Waals surface area contributed by atoms with Gasteiger partial charge < -0.3 is 15.2 Å². The standard InChI is InChI=1S/C11H15NO2/c1-4-9(12)8-5-6-10(13-2)11(7-8)14-3/h4-7,9H,1,12H2,2-3H3. The van der Waals surface area contributed by atoms with Gasteiger partial charge in [-0.1, -0.05) is 12.1 Å². The van der Waals surface area contributed by atoms with E-state index in [9.17, 15) is 0 Å². The van der Waals surface area contributed by atoms with Gasteiger partial charge in [-0.25, -0.2) is 0 Å². The first-order chi connectivity index (χ1) is 6.72. The van der Waals surface area contributed by atoms with Crippen LogP contribution < -0.4 is 15.2 Å². The zero-order chi connectivity index (χ0) is 10.6. The highest BCUT2D eigenvalue weighted by Crippen LogP contribution is 2.29. The van der Waals surface area contributed by atoms with Crippen LogP contribution in [0.15, 0.2) is 30.9 Å². The van der Waals surface area contributed by atoms with Crippen LogP contribution in [0, 0.1) is 0 Å². The summed E-state index contributed by atoms with van der Waals surface area (Å²) in [6, 6.07) is 5.41. The van der Waals surface area contributed by atoms with Gasteiger partial charge in [0.05, 0.1) is 14.2 Å². The molecule has 3 nitrogen and oxygen atoms in total. The maximum absolute atomic E-state index is 5.79. The molecule has 14 heavy (non-hydrogen) atoms. The van der Waals surface area contributed by atoms with E-state index in [0.717, 1.165) is 5.56 Å². The molecule has 0 bridgehead atoms. The quantitative estimate of drug-likeness (QED) is 0.743. The first kappa shape index (κ1) is 10.6. The number of hydrogen-bond donors (Lipinski definition) is 1. The number of ether oxygens (including phenoxy) is 2. The SMILES string of the molecule is C=CC(N)c1ccc(OC)c(OC)c1. The normalized spacial score (nSPS) is 11.9. The predicted molar refractivity (Wildman–Crippen MR) is 56.7 cm³/mol. The Kier molecular flexibility index (Phi) is 3.54. The van der Waals surface area contributed by atoms with Gasteiger partial charge in [-0.2, -0.15) is 0 Å². The molecular formula is C11H15NO2. The molecule has 3 heteroatoms. The third-order valence-electron chi connectivity index (χ3n) is 2.05. The van der Waals surface area contributed by atoms with Crippen LogP contribution in [-0.2, 0) is 0 Å². The Bertz CT molecular complexity index is 323. The van der Waals surface area contributed by atoms with Crippen LogP contribution in [0.4, 0.5) is 0 Å². The highest BCUT2D eigenvalue weighted by atomic mass is 16.5. The average Bonchev–Trinajstić information content (AvgIpc) is 2.26. The Hall–Kier alpha value is -1.48. The fourth-order valence-corrected chi connectivity index (χ4v) is 1.20. The summed E-state index contributed by atoms with van der Waals surface area (Å²) in [7, 11) is 3.20. The minimum absolute atomic E-state index is 0.171. The molecule has 0 saturated heterocycles. The fourth-order valence-electron chi connectivity index (χ4n) is 1.20. The maximum Gasteiger partial charge on any atom is 0.161 e. The lowest BCUT2D eigenvalue weighted by atomic mass is 10.1. The van der Waals surface area contributed by atoms with Crippen molar-refractivity contribution in [1.29, 1.82) is 0 Å². The molecule has 76 valence electrons. The summed E-state index contributed by atoms with van der Waals surface area (Å²) in [6.07, 6.45) is 1.68. The van der Waals surface area contributed by atoms with Crippen molar-refractivity contribution in [3.05, 3.63) is 36.4 Å². The zero-order valence-electron chi connectivity index (χ0n) is 8.49. The van der Waals surface area contributed by atoms with Crippen molar-refractivity contribution in [2.75, 3.05) is 14.2 Å². The van der Waals surface area contributed by atoms with Crippen molar-refractivity contribution in [2.45, 2.75) is 6.04 Å². The molecule has 0 fully saturated rings. The summed E-state index contributed by atoms with van der Waals surface area (Å²) in [6.45, 7) is 3.64. The summed E-state index contributed by atoms with van der Waals surface area (Å²) in [5.74, 6) is 1.38. The zero-order valence-corrected chi connectivity index (χ0v) is 8.49. The molecule has 1 atom stereocenters. The molecule has 0 amide bonds. The van der Waals surface area contributed by atoms with Crippen molar-refractivity contribution < 1.29 is 9.47 Å². The van der Waals surface area contributed by atoms with Crippen LogP contribution in [0.2, 0.25) is 0 Å². The summed E-state index contributed by atoms with van der Waals surface area (Å²) in [4.78, 5) is 0. The monoisotopic (exact) mass is 193 g/mol. The Morgan fingerprint density at radius 1 is 1.29 bits per heavy atom. The summed E-state index contributed by atoms with van der Waals surface area (Å²) >= 11 is 0. The van der Waals surface area contributed by atoms with Crippen molar-refractivity contribution >= 4 is 0 Å². The summed E-state index contributed by atoms with van der Waals surface area (Å²) in [5.41, 5.74) is 6.75. The van der Waals surface area contributed by atoms with E-state index in [-0.39, 0.29) is 6.04 Å². The van der Waals surface area contributed by atoms with Gasteiger partial charge in [-0.3, -0.25) is 0 Å². The molecule has 1 rings (SSSR count). The maximum atomic E-state index is 5.79. The average molecular weight is 193 g/mol. The Balaban J connectivity index is 3.06. The van der Waals surface area contributed by atoms with Gasteiger partial charge in [0.1, 0.15) is 0 Å². The first-order valence-corrected chi connectivity index (χ1v) is 4.33. The Labute approximate surface area is 84.1 Å². The molecular weight excluding hydrogens is 178 g/mol. The molecule has 0 aliphatic rings. The van der Waals surface area contributed by atoms with Gasteiger partial charge in [0.15, 0.2) is 11.5 Å².